The van der Waals surface area contributed by atoms with Gasteiger partial charge in [-0.25, -0.2) is 9.07 Å². The van der Waals surface area contributed by atoms with Crippen molar-refractivity contribution in [1.82, 2.24) is 9.78 Å². The van der Waals surface area contributed by atoms with Gasteiger partial charge in [0.1, 0.15) is 5.82 Å². The maximum Gasteiger partial charge on any atom is 0.310 e. The van der Waals surface area contributed by atoms with Crippen molar-refractivity contribution in [3.63, 3.8) is 0 Å². The smallest absolute Gasteiger partial charge is 0.310 e. The minimum Gasteiger partial charge on any atom is -0.455 e. The number of halogens is 2. The summed E-state index contributed by atoms with van der Waals surface area (Å²) in [4.78, 5) is 23.7. The summed E-state index contributed by atoms with van der Waals surface area (Å²) in [5.74, 6) is -1.78. The maximum atomic E-state index is 13.7. The molecule has 0 saturated carbocycles. The first kappa shape index (κ1) is 18.8. The lowest BCUT2D eigenvalue weighted by molar-refractivity contribution is -0.146. The Morgan fingerprint density at radius 2 is 1.96 bits per heavy atom. The molecule has 3 aromatic rings. The molecule has 1 heterocycles. The molecule has 138 valence electrons. The van der Waals surface area contributed by atoms with Gasteiger partial charge in [-0.05, 0) is 30.3 Å². The molecule has 27 heavy (non-hydrogen) atoms. The molecule has 0 radical (unpaired) electrons. The van der Waals surface area contributed by atoms with Crippen LogP contribution in [-0.4, -0.2) is 28.3 Å². The fourth-order valence-corrected chi connectivity index (χ4v) is 2.65. The second-order valence-corrected chi connectivity index (χ2v) is 6.55. The highest BCUT2D eigenvalue weighted by atomic mass is 79.9. The van der Waals surface area contributed by atoms with Crippen LogP contribution < -0.4 is 5.32 Å². The highest BCUT2D eigenvalue weighted by Gasteiger charge is 2.12. The molecule has 0 aliphatic rings. The lowest BCUT2D eigenvalue weighted by Crippen LogP contribution is -2.22. The number of hydrogen-bond acceptors (Lipinski definition) is 4. The lowest BCUT2D eigenvalue weighted by Gasteiger charge is -2.07. The van der Waals surface area contributed by atoms with E-state index in [0.29, 0.717) is 10.0 Å². The number of para-hydroxylation sites is 1. The number of amides is 1. The number of aromatic nitrogens is 2. The molecular weight excluding hydrogens is 417 g/mol. The summed E-state index contributed by atoms with van der Waals surface area (Å²) in [6.07, 6.45) is 3.26. The molecule has 2 aromatic carbocycles. The van der Waals surface area contributed by atoms with Gasteiger partial charge in [0, 0.05) is 16.2 Å². The monoisotopic (exact) mass is 431 g/mol. The van der Waals surface area contributed by atoms with E-state index in [1.165, 1.54) is 12.1 Å². The van der Waals surface area contributed by atoms with E-state index < -0.39 is 24.3 Å². The molecule has 0 atom stereocenters. The number of hydrogen-bond donors (Lipinski definition) is 1. The van der Waals surface area contributed by atoms with Gasteiger partial charge in [0.2, 0.25) is 0 Å². The van der Waals surface area contributed by atoms with Gasteiger partial charge in [0.05, 0.1) is 24.0 Å². The van der Waals surface area contributed by atoms with Gasteiger partial charge in [0.25, 0.3) is 5.91 Å². The molecule has 1 N–H and O–H groups in total. The van der Waals surface area contributed by atoms with Gasteiger partial charge < -0.3 is 10.1 Å². The quantitative estimate of drug-likeness (QED) is 0.606. The molecule has 0 saturated heterocycles. The Morgan fingerprint density at radius 1 is 1.19 bits per heavy atom. The standard InChI is InChI=1S/C19H15BrFN3O3/c20-14-6-7-17(16(21)9-14)23-18(25)12-27-19(26)8-13-10-22-24(11-13)15-4-2-1-3-5-15/h1-7,9-11H,8,12H2,(H,23,25). The number of esters is 1. The number of ether oxygens (including phenoxy) is 1. The van der Waals surface area contributed by atoms with E-state index in [0.717, 1.165) is 5.69 Å². The maximum absolute atomic E-state index is 13.7. The zero-order chi connectivity index (χ0) is 19.2. The summed E-state index contributed by atoms with van der Waals surface area (Å²) in [5.41, 5.74) is 1.54. The van der Waals surface area contributed by atoms with Gasteiger partial charge >= 0.3 is 5.97 Å². The van der Waals surface area contributed by atoms with Crippen molar-refractivity contribution in [2.24, 2.45) is 0 Å². The molecule has 3 rings (SSSR count). The summed E-state index contributed by atoms with van der Waals surface area (Å²) in [7, 11) is 0. The largest absolute Gasteiger partial charge is 0.455 e. The van der Waals surface area contributed by atoms with E-state index in [-0.39, 0.29) is 12.1 Å². The highest BCUT2D eigenvalue weighted by Crippen LogP contribution is 2.19. The van der Waals surface area contributed by atoms with E-state index in [4.69, 9.17) is 4.74 Å². The molecule has 1 aromatic heterocycles. The van der Waals surface area contributed by atoms with Crippen molar-refractivity contribution in [3.05, 3.63) is 76.8 Å². The fraction of sp³-hybridized carbons (Fsp3) is 0.105. The number of carbonyl (C=O) groups excluding carboxylic acids is 2. The predicted molar refractivity (Wildman–Crippen MR) is 101 cm³/mol. The third-order valence-electron chi connectivity index (χ3n) is 3.57. The van der Waals surface area contributed by atoms with E-state index >= 15 is 0 Å². The first-order valence-electron chi connectivity index (χ1n) is 8.01. The SMILES string of the molecule is O=C(COC(=O)Cc1cnn(-c2ccccc2)c1)Nc1ccc(Br)cc1F. The number of rotatable bonds is 6. The molecule has 0 fully saturated rings. The Balaban J connectivity index is 1.49. The van der Waals surface area contributed by atoms with Crippen molar-refractivity contribution in [1.29, 1.82) is 0 Å². The summed E-state index contributed by atoms with van der Waals surface area (Å²) in [6.45, 7) is -0.499. The average Bonchev–Trinajstić information content (AvgIpc) is 3.11. The van der Waals surface area contributed by atoms with Gasteiger partial charge in [-0.3, -0.25) is 9.59 Å². The highest BCUT2D eigenvalue weighted by molar-refractivity contribution is 9.10. The molecule has 0 aliphatic carbocycles. The molecule has 8 heteroatoms. The van der Waals surface area contributed by atoms with Crippen LogP contribution in [0.1, 0.15) is 5.56 Å². The number of nitrogens with zero attached hydrogens (tertiary/aromatic N) is 2. The number of nitrogens with one attached hydrogen (secondary N) is 1. The second-order valence-electron chi connectivity index (χ2n) is 5.64. The van der Waals surface area contributed by atoms with Crippen molar-refractivity contribution >= 4 is 33.5 Å². The number of carbonyl (C=O) groups is 2. The zero-order valence-electron chi connectivity index (χ0n) is 14.1. The topological polar surface area (TPSA) is 73.2 Å². The molecule has 0 unspecified atom stereocenters. The Hall–Kier alpha value is -3.00. The van der Waals surface area contributed by atoms with Crippen LogP contribution in [0.4, 0.5) is 10.1 Å². The van der Waals surface area contributed by atoms with Gasteiger partial charge in [-0.15, -0.1) is 0 Å². The lowest BCUT2D eigenvalue weighted by atomic mass is 10.2. The summed E-state index contributed by atoms with van der Waals surface area (Å²) in [6, 6.07) is 13.7. The molecular formula is C19H15BrFN3O3. The van der Waals surface area contributed by atoms with Crippen LogP contribution in [-0.2, 0) is 20.7 Å². The minimum absolute atomic E-state index is 0.0170. The van der Waals surface area contributed by atoms with Crippen LogP contribution in [0.5, 0.6) is 0 Å². The first-order valence-corrected chi connectivity index (χ1v) is 8.80. The Bertz CT molecular complexity index is 960. The molecule has 0 spiro atoms. The molecule has 0 bridgehead atoms. The minimum atomic E-state index is -0.621. The van der Waals surface area contributed by atoms with Crippen LogP contribution in [0.2, 0.25) is 0 Å². The van der Waals surface area contributed by atoms with Crippen LogP contribution in [0, 0.1) is 5.82 Å². The van der Waals surface area contributed by atoms with Crippen molar-refractivity contribution in [2.45, 2.75) is 6.42 Å². The van der Waals surface area contributed by atoms with E-state index in [1.807, 2.05) is 30.3 Å². The van der Waals surface area contributed by atoms with Crippen molar-refractivity contribution in [2.75, 3.05) is 11.9 Å². The van der Waals surface area contributed by atoms with Crippen molar-refractivity contribution in [3.8, 4) is 5.69 Å². The zero-order valence-corrected chi connectivity index (χ0v) is 15.6. The predicted octanol–water partition coefficient (Wildman–Crippen LogP) is 3.50. The molecule has 0 aliphatic heterocycles. The number of anilines is 1. The van der Waals surface area contributed by atoms with E-state index in [2.05, 4.69) is 26.3 Å². The van der Waals surface area contributed by atoms with E-state index in [9.17, 15) is 14.0 Å². The third kappa shape index (κ3) is 5.24. The fourth-order valence-electron chi connectivity index (χ4n) is 2.31. The van der Waals surface area contributed by atoms with Gasteiger partial charge in [0.15, 0.2) is 6.61 Å². The third-order valence-corrected chi connectivity index (χ3v) is 4.07. The summed E-state index contributed by atoms with van der Waals surface area (Å²) in [5, 5.41) is 6.55. The van der Waals surface area contributed by atoms with Crippen LogP contribution in [0.25, 0.3) is 5.69 Å². The van der Waals surface area contributed by atoms with Crippen LogP contribution in [0.3, 0.4) is 0 Å². The Labute approximate surface area is 163 Å². The van der Waals surface area contributed by atoms with Gasteiger partial charge in [-0.1, -0.05) is 34.1 Å². The Morgan fingerprint density at radius 3 is 2.70 bits per heavy atom. The van der Waals surface area contributed by atoms with Gasteiger partial charge in [-0.2, -0.15) is 5.10 Å². The summed E-state index contributed by atoms with van der Waals surface area (Å²) < 4.78 is 20.8. The average molecular weight is 432 g/mol. The van der Waals surface area contributed by atoms with Crippen LogP contribution in [0.15, 0.2) is 65.4 Å². The van der Waals surface area contributed by atoms with Crippen molar-refractivity contribution < 1.29 is 18.7 Å². The normalized spacial score (nSPS) is 10.4. The Kier molecular flexibility index (Phi) is 5.97. The molecule has 1 amide bonds. The van der Waals surface area contributed by atoms with Crippen LogP contribution >= 0.6 is 15.9 Å². The van der Waals surface area contributed by atoms with E-state index in [1.54, 1.807) is 23.1 Å². The number of benzene rings is 2. The molecule has 6 nitrogen and oxygen atoms in total. The summed E-state index contributed by atoms with van der Waals surface area (Å²) >= 11 is 3.13. The first-order chi connectivity index (χ1) is 13.0. The second kappa shape index (κ2) is 8.59.